The van der Waals surface area contributed by atoms with Gasteiger partial charge in [-0.3, -0.25) is 0 Å². The van der Waals surface area contributed by atoms with Crippen LogP contribution in [0.1, 0.15) is 59.1 Å². The van der Waals surface area contributed by atoms with Crippen LogP contribution in [0.3, 0.4) is 0 Å². The van der Waals surface area contributed by atoms with Crippen molar-refractivity contribution in [3.8, 4) is 0 Å². The first-order valence-electron chi connectivity index (χ1n) is 6.49. The van der Waals surface area contributed by atoms with Crippen LogP contribution in [0.5, 0.6) is 0 Å². The number of nitrogens with one attached hydrogen (secondary N) is 1. The second kappa shape index (κ2) is 11.1. The molecule has 0 amide bonds. The van der Waals surface area contributed by atoms with E-state index in [1.807, 2.05) is 65.8 Å². The molecule has 1 N–H and O–H groups in total. The summed E-state index contributed by atoms with van der Waals surface area (Å²) >= 11 is 0. The van der Waals surface area contributed by atoms with Crippen molar-refractivity contribution in [1.82, 2.24) is 0 Å². The Hall–Kier alpha value is -1.37. The van der Waals surface area contributed by atoms with E-state index in [0.29, 0.717) is 5.71 Å². The maximum absolute atomic E-state index is 7.77. The van der Waals surface area contributed by atoms with Gasteiger partial charge in [0.05, 0.1) is 0 Å². The number of hydrogen-bond acceptors (Lipinski definition) is 1. The summed E-state index contributed by atoms with van der Waals surface area (Å²) in [6.07, 6.45) is 0.768. The molecule has 0 bridgehead atoms. The quantitative estimate of drug-likeness (QED) is 0.662. The zero-order valence-electron chi connectivity index (χ0n) is 12.2. The molecule has 1 aromatic rings. The number of rotatable bonds is 3. The van der Waals surface area contributed by atoms with Crippen molar-refractivity contribution in [3.63, 3.8) is 0 Å². The van der Waals surface area contributed by atoms with Gasteiger partial charge >= 0.3 is 0 Å². The fraction of sp³-hybridized carbons (Fsp3) is 0.438. The zero-order valence-corrected chi connectivity index (χ0v) is 12.2. The molecular weight excluding hydrogens is 206 g/mol. The summed E-state index contributed by atoms with van der Waals surface area (Å²) in [6.45, 7) is 15.9. The minimum Gasteiger partial charge on any atom is -0.305 e. The van der Waals surface area contributed by atoms with E-state index in [-0.39, 0.29) is 0 Å². The van der Waals surface area contributed by atoms with Gasteiger partial charge in [0.25, 0.3) is 0 Å². The zero-order chi connectivity index (χ0) is 13.8. The maximum atomic E-state index is 7.77. The molecule has 0 aliphatic rings. The monoisotopic (exact) mass is 233 g/mol. The molecular formula is C16H27N. The lowest BCUT2D eigenvalue weighted by molar-refractivity contribution is 1.24. The molecule has 0 spiro atoms. The third-order valence-corrected chi connectivity index (χ3v) is 2.07. The Bertz CT molecular complexity index is 337. The van der Waals surface area contributed by atoms with Gasteiger partial charge in [0.1, 0.15) is 0 Å². The predicted octanol–water partition coefficient (Wildman–Crippen LogP) is 5.55. The lowest BCUT2D eigenvalue weighted by Crippen LogP contribution is -2.00. The van der Waals surface area contributed by atoms with Gasteiger partial charge in [-0.25, -0.2) is 0 Å². The molecule has 96 valence electrons. The van der Waals surface area contributed by atoms with E-state index < -0.39 is 0 Å². The van der Waals surface area contributed by atoms with Crippen LogP contribution in [0.15, 0.2) is 30.8 Å². The smallest absolute Gasteiger partial charge is 0.0389 e. The molecule has 0 saturated carbocycles. The van der Waals surface area contributed by atoms with Gasteiger partial charge in [0.15, 0.2) is 0 Å². The fourth-order valence-corrected chi connectivity index (χ4v) is 1.31. The van der Waals surface area contributed by atoms with Crippen LogP contribution in [0.25, 0.3) is 5.57 Å². The first kappa shape index (κ1) is 18.0. The molecule has 0 aliphatic heterocycles. The maximum Gasteiger partial charge on any atom is 0.0389 e. The second-order valence-electron chi connectivity index (χ2n) is 3.16. The summed E-state index contributed by atoms with van der Waals surface area (Å²) in [4.78, 5) is 0. The van der Waals surface area contributed by atoms with Crippen LogP contribution >= 0.6 is 0 Å². The summed E-state index contributed by atoms with van der Waals surface area (Å²) in [7, 11) is 0. The third kappa shape index (κ3) is 6.06. The Kier molecular flexibility index (Phi) is 11.8. The first-order valence-corrected chi connectivity index (χ1v) is 6.49. The Labute approximate surface area is 107 Å². The van der Waals surface area contributed by atoms with Crippen molar-refractivity contribution in [2.24, 2.45) is 0 Å². The Morgan fingerprint density at radius 1 is 1.06 bits per heavy atom. The minimum absolute atomic E-state index is 0.679. The third-order valence-electron chi connectivity index (χ3n) is 2.07. The standard InChI is InChI=1S/C12H15N.2C2H6/c1-4-12(13)11-8-6-5-7-10(11)9(2)3;2*1-2/h5-8,13H,2,4H2,1,3H3;2*1-2H3. The van der Waals surface area contributed by atoms with Crippen molar-refractivity contribution in [1.29, 1.82) is 5.41 Å². The molecule has 0 fully saturated rings. The van der Waals surface area contributed by atoms with Crippen molar-refractivity contribution in [2.45, 2.75) is 48.0 Å². The molecule has 1 rings (SSSR count). The average molecular weight is 233 g/mol. The molecule has 0 radical (unpaired) electrons. The predicted molar refractivity (Wildman–Crippen MR) is 81.0 cm³/mol. The van der Waals surface area contributed by atoms with Crippen molar-refractivity contribution >= 4 is 11.3 Å². The van der Waals surface area contributed by atoms with Crippen LogP contribution in [0.2, 0.25) is 0 Å². The largest absolute Gasteiger partial charge is 0.305 e. The molecule has 0 saturated heterocycles. The molecule has 0 atom stereocenters. The normalized spacial score (nSPS) is 8.12. The first-order chi connectivity index (χ1) is 8.16. The topological polar surface area (TPSA) is 23.9 Å². The lowest BCUT2D eigenvalue weighted by atomic mass is 9.97. The lowest BCUT2D eigenvalue weighted by Gasteiger charge is -2.08. The molecule has 0 aliphatic carbocycles. The number of hydrogen-bond donors (Lipinski definition) is 1. The van der Waals surface area contributed by atoms with E-state index >= 15 is 0 Å². The summed E-state index contributed by atoms with van der Waals surface area (Å²) in [6, 6.07) is 7.94. The molecule has 1 aromatic carbocycles. The Morgan fingerprint density at radius 3 is 1.82 bits per heavy atom. The van der Waals surface area contributed by atoms with Gasteiger partial charge in [-0.15, -0.1) is 0 Å². The highest BCUT2D eigenvalue weighted by atomic mass is 14.4. The van der Waals surface area contributed by atoms with Crippen LogP contribution < -0.4 is 0 Å². The number of allylic oxidation sites excluding steroid dienone is 1. The summed E-state index contributed by atoms with van der Waals surface area (Å²) in [5, 5.41) is 7.77. The molecule has 17 heavy (non-hydrogen) atoms. The van der Waals surface area contributed by atoms with Gasteiger partial charge in [-0.1, -0.05) is 71.0 Å². The van der Waals surface area contributed by atoms with Crippen LogP contribution in [-0.2, 0) is 0 Å². The van der Waals surface area contributed by atoms with Crippen molar-refractivity contribution in [3.05, 3.63) is 42.0 Å². The summed E-state index contributed by atoms with van der Waals surface area (Å²) in [5.74, 6) is 0. The molecule has 0 unspecified atom stereocenters. The van der Waals surface area contributed by atoms with Gasteiger partial charge in [-0.2, -0.15) is 0 Å². The van der Waals surface area contributed by atoms with E-state index in [0.717, 1.165) is 23.1 Å². The second-order valence-corrected chi connectivity index (χ2v) is 3.16. The van der Waals surface area contributed by atoms with Gasteiger partial charge < -0.3 is 5.41 Å². The van der Waals surface area contributed by atoms with Crippen molar-refractivity contribution in [2.75, 3.05) is 0 Å². The minimum atomic E-state index is 0.679. The van der Waals surface area contributed by atoms with Gasteiger partial charge in [-0.05, 0) is 18.9 Å². The van der Waals surface area contributed by atoms with E-state index in [9.17, 15) is 0 Å². The average Bonchev–Trinajstić information content (AvgIpc) is 2.42. The number of benzene rings is 1. The molecule has 0 heterocycles. The van der Waals surface area contributed by atoms with Crippen LogP contribution in [0, 0.1) is 5.41 Å². The highest BCUT2D eigenvalue weighted by molar-refractivity contribution is 6.01. The van der Waals surface area contributed by atoms with Crippen LogP contribution in [0.4, 0.5) is 0 Å². The highest BCUT2D eigenvalue weighted by Gasteiger charge is 2.04. The van der Waals surface area contributed by atoms with Crippen molar-refractivity contribution < 1.29 is 0 Å². The van der Waals surface area contributed by atoms with E-state index in [4.69, 9.17) is 5.41 Å². The fourth-order valence-electron chi connectivity index (χ4n) is 1.31. The highest BCUT2D eigenvalue weighted by Crippen LogP contribution is 2.18. The van der Waals surface area contributed by atoms with Crippen LogP contribution in [-0.4, -0.2) is 5.71 Å². The van der Waals surface area contributed by atoms with E-state index in [1.165, 1.54) is 0 Å². The Morgan fingerprint density at radius 2 is 1.47 bits per heavy atom. The van der Waals surface area contributed by atoms with Gasteiger partial charge in [0.2, 0.25) is 0 Å². The Balaban J connectivity index is 0. The van der Waals surface area contributed by atoms with E-state index in [1.54, 1.807) is 0 Å². The summed E-state index contributed by atoms with van der Waals surface area (Å²) < 4.78 is 0. The molecule has 1 heteroatoms. The summed E-state index contributed by atoms with van der Waals surface area (Å²) in [5.41, 5.74) is 3.80. The molecule has 0 aromatic heterocycles. The van der Waals surface area contributed by atoms with E-state index in [2.05, 4.69) is 6.58 Å². The SMILES string of the molecule is C=C(C)c1ccccc1C(=N)CC.CC.CC. The molecule has 1 nitrogen and oxygen atoms in total. The van der Waals surface area contributed by atoms with Gasteiger partial charge in [0, 0.05) is 11.3 Å².